The van der Waals surface area contributed by atoms with Gasteiger partial charge in [-0.15, -0.1) is 0 Å². The summed E-state index contributed by atoms with van der Waals surface area (Å²) in [5.74, 6) is -1.49. The lowest BCUT2D eigenvalue weighted by molar-refractivity contribution is -0.138. The summed E-state index contributed by atoms with van der Waals surface area (Å²) in [6.07, 6.45) is 1.66. The number of benzene rings is 3. The number of aromatic nitrogens is 1. The Morgan fingerprint density at radius 3 is 2.62 bits per heavy atom. The van der Waals surface area contributed by atoms with Crippen molar-refractivity contribution in [3.8, 4) is 0 Å². The average Bonchev–Trinajstić information content (AvgIpc) is 3.29. The quantitative estimate of drug-likeness (QED) is 0.418. The second kappa shape index (κ2) is 7.18. The molecule has 0 spiro atoms. The largest absolute Gasteiger partial charge is 0.480 e. The van der Waals surface area contributed by atoms with Gasteiger partial charge in [0.15, 0.2) is 0 Å². The van der Waals surface area contributed by atoms with Gasteiger partial charge < -0.3 is 15.0 Å². The molecule has 0 aliphatic carbocycles. The SMILES string of the molecule is CN1C(=O)c2cccc3c(S(=O)(=O)N[C@H](Cc4c[nH]c5ccccc45)C(=O)O)ccc1c23. The van der Waals surface area contributed by atoms with Gasteiger partial charge in [-0.2, -0.15) is 4.72 Å². The lowest BCUT2D eigenvalue weighted by atomic mass is 10.1. The van der Waals surface area contributed by atoms with Crippen molar-refractivity contribution >= 4 is 49.3 Å². The topological polar surface area (TPSA) is 120 Å². The van der Waals surface area contributed by atoms with E-state index in [1.165, 1.54) is 11.0 Å². The number of anilines is 1. The maximum absolute atomic E-state index is 13.3. The van der Waals surface area contributed by atoms with E-state index in [1.807, 2.05) is 24.3 Å². The summed E-state index contributed by atoms with van der Waals surface area (Å²) < 4.78 is 28.9. The van der Waals surface area contributed by atoms with Crippen LogP contribution in [0.25, 0.3) is 21.7 Å². The number of carbonyl (C=O) groups excluding carboxylic acids is 1. The van der Waals surface area contributed by atoms with Gasteiger partial charge in [-0.25, -0.2) is 8.42 Å². The molecule has 1 aromatic heterocycles. The van der Waals surface area contributed by atoms with Crippen LogP contribution in [0.5, 0.6) is 0 Å². The summed E-state index contributed by atoms with van der Waals surface area (Å²) in [7, 11) is -2.57. The molecule has 162 valence electrons. The third kappa shape index (κ3) is 3.05. The molecular weight excluding hydrogens is 430 g/mol. The Hall–Kier alpha value is -3.69. The molecule has 4 aromatic rings. The van der Waals surface area contributed by atoms with Crippen molar-refractivity contribution in [1.29, 1.82) is 0 Å². The summed E-state index contributed by atoms with van der Waals surface area (Å²) in [5, 5.41) is 11.5. The first-order valence-electron chi connectivity index (χ1n) is 9.92. The van der Waals surface area contributed by atoms with Crippen LogP contribution in [-0.2, 0) is 21.2 Å². The molecule has 0 fully saturated rings. The first-order chi connectivity index (χ1) is 15.3. The molecule has 1 aliphatic heterocycles. The Balaban J connectivity index is 1.54. The minimum Gasteiger partial charge on any atom is -0.480 e. The van der Waals surface area contributed by atoms with Crippen LogP contribution in [0.1, 0.15) is 15.9 Å². The van der Waals surface area contributed by atoms with Crippen LogP contribution in [0.15, 0.2) is 65.7 Å². The molecule has 2 heterocycles. The second-order valence-electron chi connectivity index (χ2n) is 7.75. The number of sulfonamides is 1. The van der Waals surface area contributed by atoms with Crippen LogP contribution in [0.3, 0.4) is 0 Å². The number of fused-ring (bicyclic) bond motifs is 1. The van der Waals surface area contributed by atoms with E-state index in [4.69, 9.17) is 0 Å². The third-order valence-corrected chi connectivity index (χ3v) is 7.39. The molecular formula is C23H19N3O5S. The van der Waals surface area contributed by atoms with Crippen LogP contribution in [-0.4, -0.2) is 43.5 Å². The van der Waals surface area contributed by atoms with E-state index in [2.05, 4.69) is 9.71 Å². The molecule has 0 unspecified atom stereocenters. The highest BCUT2D eigenvalue weighted by Crippen LogP contribution is 2.39. The van der Waals surface area contributed by atoms with Gasteiger partial charge in [0.25, 0.3) is 5.91 Å². The van der Waals surface area contributed by atoms with Crippen LogP contribution >= 0.6 is 0 Å². The zero-order valence-electron chi connectivity index (χ0n) is 17.0. The van der Waals surface area contributed by atoms with Gasteiger partial charge in [0, 0.05) is 46.9 Å². The molecule has 1 amide bonds. The molecule has 3 aromatic carbocycles. The van der Waals surface area contributed by atoms with Crippen LogP contribution in [0.4, 0.5) is 5.69 Å². The number of amides is 1. The number of para-hydroxylation sites is 1. The number of hydrogen-bond donors (Lipinski definition) is 3. The monoisotopic (exact) mass is 449 g/mol. The van der Waals surface area contributed by atoms with Crippen molar-refractivity contribution in [2.45, 2.75) is 17.4 Å². The molecule has 9 heteroatoms. The molecule has 0 bridgehead atoms. The maximum atomic E-state index is 13.3. The van der Waals surface area contributed by atoms with E-state index >= 15 is 0 Å². The zero-order chi connectivity index (χ0) is 22.6. The van der Waals surface area contributed by atoms with Crippen molar-refractivity contribution in [3.05, 3.63) is 71.9 Å². The van der Waals surface area contributed by atoms with Crippen molar-refractivity contribution in [2.75, 3.05) is 11.9 Å². The molecule has 1 aliphatic rings. The summed E-state index contributed by atoms with van der Waals surface area (Å²) in [6.45, 7) is 0. The van der Waals surface area contributed by atoms with Crippen LogP contribution in [0.2, 0.25) is 0 Å². The Labute approximate surface area is 183 Å². The Bertz CT molecular complexity index is 1520. The smallest absolute Gasteiger partial charge is 0.322 e. The molecule has 5 rings (SSSR count). The molecule has 0 radical (unpaired) electrons. The number of carboxylic acid groups (broad SMARTS) is 1. The summed E-state index contributed by atoms with van der Waals surface area (Å²) in [6, 6.07) is 13.9. The van der Waals surface area contributed by atoms with E-state index in [1.54, 1.807) is 37.5 Å². The fourth-order valence-corrected chi connectivity index (χ4v) is 5.69. The van der Waals surface area contributed by atoms with Gasteiger partial charge in [0.2, 0.25) is 10.0 Å². The highest BCUT2D eigenvalue weighted by molar-refractivity contribution is 7.89. The number of carbonyl (C=O) groups is 2. The number of H-pyrrole nitrogens is 1. The van der Waals surface area contributed by atoms with E-state index in [9.17, 15) is 23.1 Å². The number of hydrogen-bond acceptors (Lipinski definition) is 4. The van der Waals surface area contributed by atoms with Crippen molar-refractivity contribution in [3.63, 3.8) is 0 Å². The zero-order valence-corrected chi connectivity index (χ0v) is 17.8. The molecule has 0 saturated heterocycles. The van der Waals surface area contributed by atoms with E-state index in [0.717, 1.165) is 10.9 Å². The first kappa shape index (κ1) is 20.2. The van der Waals surface area contributed by atoms with Gasteiger partial charge in [0.05, 0.1) is 10.6 Å². The van der Waals surface area contributed by atoms with Crippen molar-refractivity contribution in [1.82, 2.24) is 9.71 Å². The molecule has 8 nitrogen and oxygen atoms in total. The minimum atomic E-state index is -4.20. The number of nitrogens with one attached hydrogen (secondary N) is 2. The fourth-order valence-electron chi connectivity index (χ4n) is 4.29. The number of nitrogens with zero attached hydrogens (tertiary/aromatic N) is 1. The van der Waals surface area contributed by atoms with Crippen LogP contribution < -0.4 is 9.62 Å². The standard InChI is InChI=1S/C23H19N3O5S/c1-26-19-9-10-20(15-6-4-7-16(21(15)19)22(26)27)32(30,31)25-18(23(28)29)11-13-12-24-17-8-3-2-5-14(13)17/h2-10,12,18,24-25H,11H2,1H3,(H,28,29)/t18-/m1/s1. The lowest BCUT2D eigenvalue weighted by Crippen LogP contribution is -2.42. The lowest BCUT2D eigenvalue weighted by Gasteiger charge is -2.16. The Morgan fingerprint density at radius 2 is 1.84 bits per heavy atom. The number of rotatable bonds is 6. The Kier molecular flexibility index (Phi) is 4.54. The summed E-state index contributed by atoms with van der Waals surface area (Å²) in [4.78, 5) is 28.9. The average molecular weight is 449 g/mol. The summed E-state index contributed by atoms with van der Waals surface area (Å²) >= 11 is 0. The molecule has 3 N–H and O–H groups in total. The van der Waals surface area contributed by atoms with Gasteiger partial charge in [-0.1, -0.05) is 30.3 Å². The fraction of sp³-hybridized carbons (Fsp3) is 0.130. The highest BCUT2D eigenvalue weighted by Gasteiger charge is 2.32. The van der Waals surface area contributed by atoms with Gasteiger partial charge in [-0.05, 0) is 29.8 Å². The van der Waals surface area contributed by atoms with E-state index in [0.29, 0.717) is 27.6 Å². The normalized spacial score (nSPS) is 14.4. The third-order valence-electron chi connectivity index (χ3n) is 5.86. The van der Waals surface area contributed by atoms with Gasteiger partial charge in [-0.3, -0.25) is 9.59 Å². The summed E-state index contributed by atoms with van der Waals surface area (Å²) in [5.41, 5.74) is 2.58. The van der Waals surface area contributed by atoms with E-state index in [-0.39, 0.29) is 17.2 Å². The first-order valence-corrected chi connectivity index (χ1v) is 11.4. The predicted octanol–water partition coefficient (Wildman–Crippen LogP) is 2.89. The van der Waals surface area contributed by atoms with Crippen molar-refractivity contribution in [2.24, 2.45) is 0 Å². The minimum absolute atomic E-state index is 0.0267. The Morgan fingerprint density at radius 1 is 1.09 bits per heavy atom. The van der Waals surface area contributed by atoms with Crippen molar-refractivity contribution < 1.29 is 23.1 Å². The molecule has 0 saturated carbocycles. The molecule has 32 heavy (non-hydrogen) atoms. The number of aromatic amines is 1. The van der Waals surface area contributed by atoms with E-state index < -0.39 is 22.0 Å². The van der Waals surface area contributed by atoms with Crippen LogP contribution in [0, 0.1) is 0 Å². The van der Waals surface area contributed by atoms with Gasteiger partial charge >= 0.3 is 5.97 Å². The second-order valence-corrected chi connectivity index (χ2v) is 9.43. The number of aliphatic carboxylic acids is 1. The van der Waals surface area contributed by atoms with Gasteiger partial charge in [0.1, 0.15) is 6.04 Å². The molecule has 1 atom stereocenters. The highest BCUT2D eigenvalue weighted by atomic mass is 32.2. The number of carboxylic acids is 1. The predicted molar refractivity (Wildman–Crippen MR) is 120 cm³/mol. The maximum Gasteiger partial charge on any atom is 0.322 e.